The van der Waals surface area contributed by atoms with E-state index >= 15 is 0 Å². The van der Waals surface area contributed by atoms with E-state index < -0.39 is 0 Å². The number of benzene rings is 2. The molecule has 0 aliphatic carbocycles. The Labute approximate surface area is 149 Å². The highest BCUT2D eigenvalue weighted by Crippen LogP contribution is 2.37. The molecule has 0 atom stereocenters. The molecule has 0 bridgehead atoms. The quantitative estimate of drug-likeness (QED) is 0.536. The van der Waals surface area contributed by atoms with Gasteiger partial charge in [-0.25, -0.2) is 4.68 Å². The maximum atomic E-state index is 12.5. The van der Waals surface area contributed by atoms with Crippen LogP contribution in [0.3, 0.4) is 0 Å². The second kappa shape index (κ2) is 7.47. The van der Waals surface area contributed by atoms with Crippen LogP contribution in [-0.4, -0.2) is 45.3 Å². The van der Waals surface area contributed by atoms with Crippen LogP contribution in [0.15, 0.2) is 48.8 Å². The normalized spacial score (nSPS) is 10.8. The van der Waals surface area contributed by atoms with E-state index in [2.05, 4.69) is 15.5 Å². The predicted octanol–water partition coefficient (Wildman–Crippen LogP) is 2.28. The van der Waals surface area contributed by atoms with Crippen LogP contribution in [0.2, 0.25) is 0 Å². The number of hydrogen-bond donors (Lipinski definition) is 1. The number of nitrogens with zero attached hydrogens (tertiary/aromatic N) is 4. The van der Waals surface area contributed by atoms with Crippen molar-refractivity contribution in [3.8, 4) is 22.9 Å². The predicted molar refractivity (Wildman–Crippen MR) is 93.7 cm³/mol. The molecule has 8 nitrogen and oxygen atoms in total. The zero-order valence-corrected chi connectivity index (χ0v) is 14.2. The van der Waals surface area contributed by atoms with E-state index in [-0.39, 0.29) is 23.0 Å². The molecule has 26 heavy (non-hydrogen) atoms. The molecule has 0 unspecified atom stereocenters. The van der Waals surface area contributed by atoms with E-state index in [0.717, 1.165) is 0 Å². The van der Waals surface area contributed by atoms with Crippen molar-refractivity contribution in [3.05, 3.63) is 59.9 Å². The fourth-order valence-corrected chi connectivity index (χ4v) is 2.36. The topological polar surface area (TPSA) is 99.4 Å². The summed E-state index contributed by atoms with van der Waals surface area (Å²) in [4.78, 5) is 12.5. The zero-order valence-electron chi connectivity index (χ0n) is 14.2. The van der Waals surface area contributed by atoms with Crippen molar-refractivity contribution < 1.29 is 19.4 Å². The third kappa shape index (κ3) is 3.54. The van der Waals surface area contributed by atoms with Crippen LogP contribution in [0.25, 0.3) is 11.8 Å². The first kappa shape index (κ1) is 17.2. The Balaban J connectivity index is 1.85. The van der Waals surface area contributed by atoms with Crippen LogP contribution in [-0.2, 0) is 0 Å². The van der Waals surface area contributed by atoms with Crippen molar-refractivity contribution in [1.29, 1.82) is 0 Å². The molecule has 0 radical (unpaired) electrons. The van der Waals surface area contributed by atoms with E-state index in [9.17, 15) is 9.90 Å². The largest absolute Gasteiger partial charge is 0.502 e. The lowest BCUT2D eigenvalue weighted by atomic mass is 10.1. The van der Waals surface area contributed by atoms with Gasteiger partial charge in [0.25, 0.3) is 0 Å². The summed E-state index contributed by atoms with van der Waals surface area (Å²) in [6.45, 7) is 0. The lowest BCUT2D eigenvalue weighted by Gasteiger charge is -2.09. The lowest BCUT2D eigenvalue weighted by Crippen LogP contribution is -1.99. The van der Waals surface area contributed by atoms with Gasteiger partial charge in [0.15, 0.2) is 17.3 Å². The number of allylic oxidation sites excluding steroid dienone is 1. The van der Waals surface area contributed by atoms with E-state index in [0.29, 0.717) is 16.8 Å². The highest BCUT2D eigenvalue weighted by atomic mass is 16.5. The highest BCUT2D eigenvalue weighted by Gasteiger charge is 2.10. The van der Waals surface area contributed by atoms with Crippen molar-refractivity contribution in [1.82, 2.24) is 20.2 Å². The summed E-state index contributed by atoms with van der Waals surface area (Å²) in [6, 6.07) is 10.2. The number of ketones is 1. The van der Waals surface area contributed by atoms with E-state index in [1.165, 1.54) is 31.3 Å². The second-order valence-corrected chi connectivity index (χ2v) is 5.28. The number of aromatic hydroxyl groups is 1. The van der Waals surface area contributed by atoms with Gasteiger partial charge in [0.2, 0.25) is 5.75 Å². The van der Waals surface area contributed by atoms with Gasteiger partial charge in [0.05, 0.1) is 19.9 Å². The Morgan fingerprint density at radius 3 is 2.50 bits per heavy atom. The Hall–Kier alpha value is -3.68. The molecule has 1 N–H and O–H groups in total. The van der Waals surface area contributed by atoms with Gasteiger partial charge in [0.1, 0.15) is 6.33 Å². The first-order valence-electron chi connectivity index (χ1n) is 7.63. The van der Waals surface area contributed by atoms with Gasteiger partial charge in [-0.05, 0) is 46.3 Å². The number of ether oxygens (including phenoxy) is 2. The third-order valence-electron chi connectivity index (χ3n) is 3.67. The third-order valence-corrected chi connectivity index (χ3v) is 3.67. The molecular weight excluding hydrogens is 336 g/mol. The number of phenolic OH excluding ortho intramolecular Hbond substituents is 1. The summed E-state index contributed by atoms with van der Waals surface area (Å²) < 4.78 is 11.7. The minimum absolute atomic E-state index is 0.0902. The molecule has 0 saturated heterocycles. The number of hydrogen-bond acceptors (Lipinski definition) is 7. The van der Waals surface area contributed by atoms with Gasteiger partial charge in [-0.15, -0.1) is 5.10 Å². The van der Waals surface area contributed by atoms with Crippen LogP contribution in [0, 0.1) is 0 Å². The number of aromatic nitrogens is 4. The molecule has 3 aromatic rings. The number of carbonyl (C=O) groups excluding carboxylic acids is 1. The highest BCUT2D eigenvalue weighted by molar-refractivity contribution is 6.07. The smallest absolute Gasteiger partial charge is 0.200 e. The molecule has 2 aromatic carbocycles. The summed E-state index contributed by atoms with van der Waals surface area (Å²) in [7, 11) is 2.88. The molecule has 3 rings (SSSR count). The fourth-order valence-electron chi connectivity index (χ4n) is 2.36. The molecule has 0 fully saturated rings. The van der Waals surface area contributed by atoms with Gasteiger partial charge in [-0.1, -0.05) is 18.2 Å². The summed E-state index contributed by atoms with van der Waals surface area (Å²) in [6.07, 6.45) is 4.51. The molecule has 0 aliphatic rings. The Kier molecular flexibility index (Phi) is 4.93. The van der Waals surface area contributed by atoms with Gasteiger partial charge in [0, 0.05) is 5.56 Å². The van der Waals surface area contributed by atoms with Crippen molar-refractivity contribution >= 4 is 11.9 Å². The van der Waals surface area contributed by atoms with E-state index in [1.807, 2.05) is 0 Å². The van der Waals surface area contributed by atoms with Gasteiger partial charge in [-0.2, -0.15) is 0 Å². The zero-order chi connectivity index (χ0) is 18.5. The summed E-state index contributed by atoms with van der Waals surface area (Å²) in [5.74, 6) is 0.243. The molecule has 0 aliphatic heterocycles. The molecule has 0 saturated carbocycles. The van der Waals surface area contributed by atoms with Crippen molar-refractivity contribution in [3.63, 3.8) is 0 Å². The first-order valence-corrected chi connectivity index (χ1v) is 7.63. The summed E-state index contributed by atoms with van der Waals surface area (Å²) in [5, 5.41) is 20.9. The standard InChI is InChI=1S/C18H16N4O4/c1-25-16-8-12(9-17(26-2)18(16)24)6-7-15(23)13-4-3-5-14(10-13)22-11-19-20-21-22/h3-11,24H,1-2H3/b7-6+. The van der Waals surface area contributed by atoms with E-state index in [1.54, 1.807) is 42.5 Å². The molecule has 1 heterocycles. The van der Waals surface area contributed by atoms with Crippen LogP contribution >= 0.6 is 0 Å². The van der Waals surface area contributed by atoms with E-state index in [4.69, 9.17) is 9.47 Å². The van der Waals surface area contributed by atoms with Crippen LogP contribution in [0.4, 0.5) is 0 Å². The fraction of sp³-hybridized carbons (Fsp3) is 0.111. The molecule has 0 spiro atoms. The minimum atomic E-state index is -0.189. The second-order valence-electron chi connectivity index (χ2n) is 5.28. The molecular formula is C18H16N4O4. The monoisotopic (exact) mass is 352 g/mol. The van der Waals surface area contributed by atoms with Gasteiger partial charge >= 0.3 is 0 Å². The number of tetrazole rings is 1. The molecule has 132 valence electrons. The maximum Gasteiger partial charge on any atom is 0.200 e. The Morgan fingerprint density at radius 2 is 1.88 bits per heavy atom. The number of phenols is 1. The van der Waals surface area contributed by atoms with Gasteiger partial charge < -0.3 is 14.6 Å². The Morgan fingerprint density at radius 1 is 1.15 bits per heavy atom. The summed E-state index contributed by atoms with van der Waals surface area (Å²) >= 11 is 0. The lowest BCUT2D eigenvalue weighted by molar-refractivity contribution is 0.104. The van der Waals surface area contributed by atoms with Crippen molar-refractivity contribution in [2.45, 2.75) is 0 Å². The minimum Gasteiger partial charge on any atom is -0.502 e. The summed E-state index contributed by atoms with van der Waals surface area (Å²) in [5.41, 5.74) is 1.83. The van der Waals surface area contributed by atoms with Crippen LogP contribution in [0.1, 0.15) is 15.9 Å². The van der Waals surface area contributed by atoms with Crippen molar-refractivity contribution in [2.75, 3.05) is 14.2 Å². The maximum absolute atomic E-state index is 12.5. The average molecular weight is 352 g/mol. The SMILES string of the molecule is COc1cc(/C=C/C(=O)c2cccc(-n3cnnn3)c2)cc(OC)c1O. The average Bonchev–Trinajstić information content (AvgIpc) is 3.21. The number of carbonyl (C=O) groups is 1. The molecule has 0 amide bonds. The van der Waals surface area contributed by atoms with Gasteiger partial charge in [-0.3, -0.25) is 4.79 Å². The Bertz CT molecular complexity index is 927. The number of methoxy groups -OCH3 is 2. The van der Waals surface area contributed by atoms with Crippen LogP contribution < -0.4 is 9.47 Å². The number of rotatable bonds is 6. The first-order chi connectivity index (χ1) is 12.6. The van der Waals surface area contributed by atoms with Crippen LogP contribution in [0.5, 0.6) is 17.2 Å². The molecule has 1 aromatic heterocycles. The molecule has 8 heteroatoms. The van der Waals surface area contributed by atoms with Crippen molar-refractivity contribution in [2.24, 2.45) is 0 Å².